The predicted octanol–water partition coefficient (Wildman–Crippen LogP) is 4.24. The lowest BCUT2D eigenvalue weighted by atomic mass is 9.89. The molecule has 3 heteroatoms. The molecule has 0 spiro atoms. The summed E-state index contributed by atoms with van der Waals surface area (Å²) in [5.41, 5.74) is 1.50. The van der Waals surface area contributed by atoms with Crippen LogP contribution in [-0.2, 0) is 11.2 Å². The molecule has 3 rings (SSSR count). The van der Waals surface area contributed by atoms with E-state index in [-0.39, 0.29) is 0 Å². The number of thiophene rings is 1. The number of hydrogen-bond acceptors (Lipinski definition) is 3. The molecule has 1 aliphatic rings. The summed E-state index contributed by atoms with van der Waals surface area (Å²) in [5.74, 6) is 0.656. The van der Waals surface area contributed by atoms with Crippen LogP contribution in [0.15, 0.2) is 29.6 Å². The molecule has 2 atom stereocenters. The van der Waals surface area contributed by atoms with Gasteiger partial charge < -0.3 is 10.1 Å². The van der Waals surface area contributed by atoms with E-state index in [0.717, 1.165) is 26.2 Å². The van der Waals surface area contributed by atoms with E-state index in [1.165, 1.54) is 34.9 Å². The lowest BCUT2D eigenvalue weighted by Gasteiger charge is -2.31. The van der Waals surface area contributed by atoms with Crippen LogP contribution in [0.3, 0.4) is 0 Å². The molecule has 1 aliphatic heterocycles. The van der Waals surface area contributed by atoms with E-state index >= 15 is 0 Å². The highest BCUT2D eigenvalue weighted by atomic mass is 32.1. The van der Waals surface area contributed by atoms with Crippen LogP contribution in [-0.4, -0.2) is 25.8 Å². The van der Waals surface area contributed by atoms with Gasteiger partial charge in [0, 0.05) is 17.3 Å². The molecule has 1 saturated heterocycles. The fourth-order valence-electron chi connectivity index (χ4n) is 3.25. The van der Waals surface area contributed by atoms with Crippen LogP contribution in [0.1, 0.15) is 31.7 Å². The molecule has 21 heavy (non-hydrogen) atoms. The van der Waals surface area contributed by atoms with Crippen molar-refractivity contribution in [3.63, 3.8) is 0 Å². The predicted molar refractivity (Wildman–Crippen MR) is 91.2 cm³/mol. The van der Waals surface area contributed by atoms with Gasteiger partial charge in [0.1, 0.15) is 0 Å². The van der Waals surface area contributed by atoms with E-state index in [0.29, 0.717) is 12.0 Å². The van der Waals surface area contributed by atoms with Gasteiger partial charge >= 0.3 is 0 Å². The molecule has 1 aromatic heterocycles. The molecule has 2 unspecified atom stereocenters. The molecular weight excluding hydrogens is 278 g/mol. The Hall–Kier alpha value is -0.900. The molecule has 1 N–H and O–H groups in total. The Kier molecular flexibility index (Phi) is 5.28. The monoisotopic (exact) mass is 303 g/mol. The SMILES string of the molecule is CCCNC(Cc1csc2ccccc12)C1CCCOC1. The Labute approximate surface area is 131 Å². The van der Waals surface area contributed by atoms with Gasteiger partial charge in [-0.3, -0.25) is 0 Å². The highest BCUT2D eigenvalue weighted by Gasteiger charge is 2.24. The number of fused-ring (bicyclic) bond motifs is 1. The normalized spacial score (nSPS) is 20.7. The maximum Gasteiger partial charge on any atom is 0.0509 e. The molecule has 0 amide bonds. The van der Waals surface area contributed by atoms with Crippen LogP contribution in [0, 0.1) is 5.92 Å². The van der Waals surface area contributed by atoms with Gasteiger partial charge in [0.2, 0.25) is 0 Å². The average Bonchev–Trinajstić information content (AvgIpc) is 2.95. The zero-order valence-corrected chi connectivity index (χ0v) is 13.6. The van der Waals surface area contributed by atoms with E-state index in [2.05, 4.69) is 41.9 Å². The number of rotatable bonds is 6. The lowest BCUT2D eigenvalue weighted by molar-refractivity contribution is 0.0394. The van der Waals surface area contributed by atoms with Gasteiger partial charge in [-0.1, -0.05) is 25.1 Å². The first-order valence-corrected chi connectivity index (χ1v) is 9.02. The third kappa shape index (κ3) is 3.65. The van der Waals surface area contributed by atoms with E-state index < -0.39 is 0 Å². The van der Waals surface area contributed by atoms with Crippen LogP contribution in [0.5, 0.6) is 0 Å². The third-order valence-corrected chi connectivity index (χ3v) is 5.43. The Bertz CT molecular complexity index is 559. The molecule has 1 aromatic carbocycles. The van der Waals surface area contributed by atoms with E-state index in [1.54, 1.807) is 0 Å². The van der Waals surface area contributed by atoms with Crippen molar-refractivity contribution in [3.8, 4) is 0 Å². The van der Waals surface area contributed by atoms with E-state index in [9.17, 15) is 0 Å². The first-order valence-electron chi connectivity index (χ1n) is 8.14. The molecule has 2 nitrogen and oxygen atoms in total. The number of ether oxygens (including phenoxy) is 1. The highest BCUT2D eigenvalue weighted by molar-refractivity contribution is 7.17. The summed E-state index contributed by atoms with van der Waals surface area (Å²) in [7, 11) is 0. The van der Waals surface area contributed by atoms with Crippen molar-refractivity contribution in [2.75, 3.05) is 19.8 Å². The smallest absolute Gasteiger partial charge is 0.0509 e. The quantitative estimate of drug-likeness (QED) is 0.862. The Morgan fingerprint density at radius 1 is 1.38 bits per heavy atom. The van der Waals surface area contributed by atoms with Crippen LogP contribution in [0.2, 0.25) is 0 Å². The van der Waals surface area contributed by atoms with Gasteiger partial charge in [0.25, 0.3) is 0 Å². The second kappa shape index (κ2) is 7.39. The van der Waals surface area contributed by atoms with E-state index in [4.69, 9.17) is 4.74 Å². The zero-order valence-electron chi connectivity index (χ0n) is 12.8. The Morgan fingerprint density at radius 3 is 3.10 bits per heavy atom. The molecule has 2 heterocycles. The van der Waals surface area contributed by atoms with Crippen LogP contribution in [0.4, 0.5) is 0 Å². The fourth-order valence-corrected chi connectivity index (χ4v) is 4.22. The van der Waals surface area contributed by atoms with Crippen LogP contribution in [0.25, 0.3) is 10.1 Å². The van der Waals surface area contributed by atoms with Gasteiger partial charge in [-0.25, -0.2) is 0 Å². The van der Waals surface area contributed by atoms with Crippen molar-refractivity contribution in [3.05, 3.63) is 35.2 Å². The number of benzene rings is 1. The summed E-state index contributed by atoms with van der Waals surface area (Å²) >= 11 is 1.87. The first-order chi connectivity index (χ1) is 10.4. The summed E-state index contributed by atoms with van der Waals surface area (Å²) in [5, 5.41) is 7.54. The summed E-state index contributed by atoms with van der Waals surface area (Å²) in [6.45, 7) is 5.20. The molecular formula is C18H25NOS. The van der Waals surface area contributed by atoms with Crippen LogP contribution < -0.4 is 5.32 Å². The highest BCUT2D eigenvalue weighted by Crippen LogP contribution is 2.29. The van der Waals surface area contributed by atoms with Gasteiger partial charge in [0.05, 0.1) is 6.61 Å². The lowest BCUT2D eigenvalue weighted by Crippen LogP contribution is -2.42. The number of nitrogens with one attached hydrogen (secondary N) is 1. The van der Waals surface area contributed by atoms with E-state index in [1.807, 2.05) is 11.3 Å². The minimum atomic E-state index is 0.545. The van der Waals surface area contributed by atoms with Gasteiger partial charge in [-0.2, -0.15) is 0 Å². The van der Waals surface area contributed by atoms with Crippen molar-refractivity contribution in [1.29, 1.82) is 0 Å². The topological polar surface area (TPSA) is 21.3 Å². The molecule has 0 bridgehead atoms. The summed E-state index contributed by atoms with van der Waals surface area (Å²) in [4.78, 5) is 0. The summed E-state index contributed by atoms with van der Waals surface area (Å²) in [6.07, 6.45) is 4.81. The van der Waals surface area contributed by atoms with Gasteiger partial charge in [-0.05, 0) is 60.5 Å². The average molecular weight is 303 g/mol. The maximum atomic E-state index is 5.71. The molecule has 2 aromatic rings. The van der Waals surface area contributed by atoms with Crippen molar-refractivity contribution in [2.24, 2.45) is 5.92 Å². The van der Waals surface area contributed by atoms with Crippen molar-refractivity contribution in [1.82, 2.24) is 5.32 Å². The zero-order chi connectivity index (χ0) is 14.5. The van der Waals surface area contributed by atoms with Crippen LogP contribution >= 0.6 is 11.3 Å². The second-order valence-electron chi connectivity index (χ2n) is 6.00. The Morgan fingerprint density at radius 2 is 2.29 bits per heavy atom. The largest absolute Gasteiger partial charge is 0.381 e. The maximum absolute atomic E-state index is 5.71. The van der Waals surface area contributed by atoms with Gasteiger partial charge in [0.15, 0.2) is 0 Å². The minimum Gasteiger partial charge on any atom is -0.381 e. The second-order valence-corrected chi connectivity index (χ2v) is 6.91. The van der Waals surface area contributed by atoms with Crippen molar-refractivity contribution >= 4 is 21.4 Å². The summed E-state index contributed by atoms with van der Waals surface area (Å²) in [6, 6.07) is 9.31. The van der Waals surface area contributed by atoms with Crippen molar-refractivity contribution in [2.45, 2.75) is 38.6 Å². The van der Waals surface area contributed by atoms with Crippen molar-refractivity contribution < 1.29 is 4.74 Å². The van der Waals surface area contributed by atoms with Gasteiger partial charge in [-0.15, -0.1) is 11.3 Å². The molecule has 114 valence electrons. The molecule has 0 aliphatic carbocycles. The minimum absolute atomic E-state index is 0.545. The fraction of sp³-hybridized carbons (Fsp3) is 0.556. The molecule has 0 radical (unpaired) electrons. The number of hydrogen-bond donors (Lipinski definition) is 1. The molecule has 1 fully saturated rings. The standard InChI is InChI=1S/C18H25NOS/c1-2-9-19-17(14-6-5-10-20-12-14)11-15-13-21-18-8-4-3-7-16(15)18/h3-4,7-8,13-14,17,19H,2,5-6,9-12H2,1H3. The Balaban J connectivity index is 1.76. The molecule has 0 saturated carbocycles. The third-order valence-electron chi connectivity index (χ3n) is 4.42. The first kappa shape index (κ1) is 15.0. The summed E-state index contributed by atoms with van der Waals surface area (Å²) < 4.78 is 7.12.